The minimum Gasteiger partial charge on any atom is -0.352 e. The number of nitrogens with one attached hydrogen (secondary N) is 1. The van der Waals surface area contributed by atoms with Crippen LogP contribution < -0.4 is 5.32 Å². The van der Waals surface area contributed by atoms with Crippen molar-refractivity contribution in [1.82, 2.24) is 5.32 Å². The van der Waals surface area contributed by atoms with Crippen molar-refractivity contribution in [3.8, 4) is 0 Å². The Bertz CT molecular complexity index is 645. The summed E-state index contributed by atoms with van der Waals surface area (Å²) in [6.07, 6.45) is 2.62. The van der Waals surface area contributed by atoms with E-state index in [-0.39, 0.29) is 30.2 Å². The third-order valence-electron chi connectivity index (χ3n) is 6.80. The molecule has 1 aromatic rings. The van der Waals surface area contributed by atoms with Crippen LogP contribution in [-0.4, -0.2) is 17.9 Å². The van der Waals surface area contributed by atoms with Gasteiger partial charge in [-0.25, -0.2) is 8.78 Å². The first-order valence-electron chi connectivity index (χ1n) is 8.45. The average Bonchev–Trinajstić information content (AvgIpc) is 3.37. The molecule has 0 spiro atoms. The Morgan fingerprint density at radius 3 is 2.26 bits per heavy atom. The fourth-order valence-electron chi connectivity index (χ4n) is 4.38. The molecule has 0 aliphatic heterocycles. The van der Waals surface area contributed by atoms with Crippen LogP contribution in [0.2, 0.25) is 0 Å². The van der Waals surface area contributed by atoms with Crippen LogP contribution in [-0.2, 0) is 10.2 Å². The van der Waals surface area contributed by atoms with Gasteiger partial charge in [0.25, 0.3) is 5.92 Å². The van der Waals surface area contributed by atoms with Crippen molar-refractivity contribution in [2.45, 2.75) is 63.3 Å². The number of hydrogen-bond donors (Lipinski definition) is 1. The van der Waals surface area contributed by atoms with Crippen LogP contribution >= 0.6 is 0 Å². The van der Waals surface area contributed by atoms with Crippen LogP contribution in [0.3, 0.4) is 0 Å². The summed E-state index contributed by atoms with van der Waals surface area (Å²) in [4.78, 5) is 12.9. The number of hydrogen-bond acceptors (Lipinski definition) is 1. The fraction of sp³-hybridized carbons (Fsp3) is 0.632. The Hall–Kier alpha value is -1.45. The lowest BCUT2D eigenvalue weighted by Crippen LogP contribution is -2.59. The second-order valence-corrected chi connectivity index (χ2v) is 8.37. The number of benzene rings is 1. The summed E-state index contributed by atoms with van der Waals surface area (Å²) in [7, 11) is 0. The fourth-order valence-corrected chi connectivity index (χ4v) is 4.38. The summed E-state index contributed by atoms with van der Waals surface area (Å²) in [6, 6.07) is 9.20. The molecule has 1 N–H and O–H groups in total. The number of amides is 1. The molecule has 0 bridgehead atoms. The van der Waals surface area contributed by atoms with Crippen molar-refractivity contribution in [2.24, 2.45) is 10.8 Å². The molecule has 3 aliphatic carbocycles. The van der Waals surface area contributed by atoms with E-state index in [4.69, 9.17) is 0 Å². The van der Waals surface area contributed by atoms with Gasteiger partial charge in [0.15, 0.2) is 0 Å². The van der Waals surface area contributed by atoms with E-state index in [0.29, 0.717) is 11.0 Å². The summed E-state index contributed by atoms with van der Waals surface area (Å²) >= 11 is 0. The quantitative estimate of drug-likeness (QED) is 0.891. The van der Waals surface area contributed by atoms with Crippen molar-refractivity contribution in [2.75, 3.05) is 0 Å². The van der Waals surface area contributed by atoms with Crippen LogP contribution in [0.5, 0.6) is 0 Å². The Balaban J connectivity index is 1.54. The summed E-state index contributed by atoms with van der Waals surface area (Å²) in [5.41, 5.74) is 0.128. The van der Waals surface area contributed by atoms with Gasteiger partial charge in [0.1, 0.15) is 0 Å². The van der Waals surface area contributed by atoms with Gasteiger partial charge in [-0.2, -0.15) is 0 Å². The maximum atomic E-state index is 13.6. The molecule has 124 valence electrons. The van der Waals surface area contributed by atoms with Crippen LogP contribution in [0.25, 0.3) is 0 Å². The van der Waals surface area contributed by atoms with Gasteiger partial charge < -0.3 is 5.32 Å². The minimum absolute atomic E-state index is 0.136. The summed E-state index contributed by atoms with van der Waals surface area (Å²) in [5, 5.41) is 3.10. The van der Waals surface area contributed by atoms with Gasteiger partial charge in [-0.1, -0.05) is 44.2 Å². The van der Waals surface area contributed by atoms with Crippen molar-refractivity contribution in [1.29, 1.82) is 0 Å². The molecule has 1 amide bonds. The molecule has 4 heteroatoms. The summed E-state index contributed by atoms with van der Waals surface area (Å²) in [6.45, 7) is 4.49. The molecule has 3 saturated carbocycles. The van der Waals surface area contributed by atoms with Crippen LogP contribution in [0, 0.1) is 10.8 Å². The first kappa shape index (κ1) is 15.1. The summed E-state index contributed by atoms with van der Waals surface area (Å²) < 4.78 is 27.2. The van der Waals surface area contributed by atoms with E-state index in [1.54, 1.807) is 12.1 Å². The zero-order valence-electron chi connectivity index (χ0n) is 13.7. The van der Waals surface area contributed by atoms with E-state index in [2.05, 4.69) is 19.2 Å². The molecular formula is C19H23F2NO. The van der Waals surface area contributed by atoms with Crippen molar-refractivity contribution < 1.29 is 13.6 Å². The van der Waals surface area contributed by atoms with Gasteiger partial charge in [0, 0.05) is 18.9 Å². The second kappa shape index (κ2) is 4.34. The number of carbonyl (C=O) groups excluding carboxylic acids is 1. The molecule has 4 rings (SSSR count). The lowest BCUT2D eigenvalue weighted by atomic mass is 9.61. The highest BCUT2D eigenvalue weighted by molar-refractivity contribution is 5.90. The zero-order chi connectivity index (χ0) is 16.5. The van der Waals surface area contributed by atoms with Crippen LogP contribution in [0.15, 0.2) is 30.3 Å². The van der Waals surface area contributed by atoms with E-state index in [1.807, 2.05) is 18.2 Å². The molecule has 0 heterocycles. The predicted octanol–water partition coefficient (Wildman–Crippen LogP) is 4.05. The molecule has 3 aliphatic rings. The highest BCUT2D eigenvalue weighted by Crippen LogP contribution is 2.70. The molecule has 2 nitrogen and oxygen atoms in total. The molecule has 3 fully saturated rings. The van der Waals surface area contributed by atoms with E-state index in [1.165, 1.54) is 12.8 Å². The lowest BCUT2D eigenvalue weighted by Gasteiger charge is -2.46. The highest BCUT2D eigenvalue weighted by Gasteiger charge is 2.68. The van der Waals surface area contributed by atoms with Gasteiger partial charge in [0.05, 0.1) is 5.41 Å². The van der Waals surface area contributed by atoms with Crippen molar-refractivity contribution in [3.63, 3.8) is 0 Å². The Morgan fingerprint density at radius 1 is 1.13 bits per heavy atom. The number of carbonyl (C=O) groups is 1. The maximum absolute atomic E-state index is 13.6. The number of halogens is 2. The molecule has 0 aromatic heterocycles. The van der Waals surface area contributed by atoms with Gasteiger partial charge in [-0.05, 0) is 35.7 Å². The molecule has 0 saturated heterocycles. The van der Waals surface area contributed by atoms with Gasteiger partial charge >= 0.3 is 0 Å². The topological polar surface area (TPSA) is 29.1 Å². The Labute approximate surface area is 135 Å². The summed E-state index contributed by atoms with van der Waals surface area (Å²) in [5.74, 6) is -2.95. The second-order valence-electron chi connectivity index (χ2n) is 8.37. The third kappa shape index (κ3) is 2.14. The first-order valence-corrected chi connectivity index (χ1v) is 8.45. The maximum Gasteiger partial charge on any atom is 0.250 e. The molecule has 1 aromatic carbocycles. The number of rotatable bonds is 4. The SMILES string of the molecule is CC1(C2(C)CC2NC(=O)C2(c3ccccc3)CC(F)(F)C2)CC1. The van der Waals surface area contributed by atoms with Gasteiger partial charge in [0.2, 0.25) is 5.91 Å². The van der Waals surface area contributed by atoms with E-state index >= 15 is 0 Å². The van der Waals surface area contributed by atoms with Crippen molar-refractivity contribution in [3.05, 3.63) is 35.9 Å². The van der Waals surface area contributed by atoms with E-state index in [0.717, 1.165) is 6.42 Å². The molecule has 2 atom stereocenters. The van der Waals surface area contributed by atoms with Crippen molar-refractivity contribution >= 4 is 5.91 Å². The van der Waals surface area contributed by atoms with Crippen LogP contribution in [0.1, 0.15) is 51.5 Å². The van der Waals surface area contributed by atoms with Gasteiger partial charge in [-0.3, -0.25) is 4.79 Å². The van der Waals surface area contributed by atoms with Crippen LogP contribution in [0.4, 0.5) is 8.78 Å². The normalized spacial score (nSPS) is 35.0. The third-order valence-corrected chi connectivity index (χ3v) is 6.80. The minimum atomic E-state index is -2.73. The predicted molar refractivity (Wildman–Crippen MR) is 84.3 cm³/mol. The monoisotopic (exact) mass is 319 g/mol. The Morgan fingerprint density at radius 2 is 1.74 bits per heavy atom. The molecule has 23 heavy (non-hydrogen) atoms. The van der Waals surface area contributed by atoms with E-state index < -0.39 is 11.3 Å². The molecule has 2 unspecified atom stereocenters. The lowest BCUT2D eigenvalue weighted by molar-refractivity contribution is -0.159. The van der Waals surface area contributed by atoms with E-state index in [9.17, 15) is 13.6 Å². The van der Waals surface area contributed by atoms with Gasteiger partial charge in [-0.15, -0.1) is 0 Å². The molecule has 0 radical (unpaired) electrons. The highest BCUT2D eigenvalue weighted by atomic mass is 19.3. The smallest absolute Gasteiger partial charge is 0.250 e. The zero-order valence-corrected chi connectivity index (χ0v) is 13.7. The average molecular weight is 319 g/mol. The first-order chi connectivity index (χ1) is 10.7. The molecular weight excluding hydrogens is 296 g/mol. The Kier molecular flexibility index (Phi) is 2.85. The largest absolute Gasteiger partial charge is 0.352 e. The standard InChI is InChI=1S/C19H23F2NO/c1-16(8-9-16)17(2)10-14(17)22-15(23)18(11-19(20,21)12-18)13-6-4-3-5-7-13/h3-7,14H,8-12H2,1-2H3,(H,22,23). The number of alkyl halides is 2.